The van der Waals surface area contributed by atoms with Gasteiger partial charge in [-0.05, 0) is 30.9 Å². The van der Waals surface area contributed by atoms with Crippen LogP contribution in [0, 0.1) is 6.92 Å². The number of carbonyl (C=O) groups is 1. The summed E-state index contributed by atoms with van der Waals surface area (Å²) in [5.74, 6) is 0. The van der Waals surface area contributed by atoms with Gasteiger partial charge >= 0.3 is 6.03 Å². The Kier molecular flexibility index (Phi) is 5.80. The van der Waals surface area contributed by atoms with E-state index >= 15 is 0 Å². The first-order valence-electron chi connectivity index (χ1n) is 7.83. The Bertz CT molecular complexity index is 498. The maximum absolute atomic E-state index is 12.1. The summed E-state index contributed by atoms with van der Waals surface area (Å²) >= 11 is 0. The lowest BCUT2D eigenvalue weighted by atomic mass is 9.72. The van der Waals surface area contributed by atoms with Gasteiger partial charge in [-0.3, -0.25) is 0 Å². The number of rotatable bonds is 5. The second kappa shape index (κ2) is 7.61. The topological polar surface area (TPSA) is 61.8 Å². The van der Waals surface area contributed by atoms with Gasteiger partial charge in [0.1, 0.15) is 0 Å². The van der Waals surface area contributed by atoms with E-state index in [-0.39, 0.29) is 18.1 Å². The van der Waals surface area contributed by atoms with Crippen LogP contribution in [0.1, 0.15) is 24.0 Å². The second-order valence-electron chi connectivity index (χ2n) is 6.01. The largest absolute Gasteiger partial charge is 0.395 e. The van der Waals surface area contributed by atoms with Gasteiger partial charge in [0.15, 0.2) is 0 Å². The van der Waals surface area contributed by atoms with Gasteiger partial charge in [0, 0.05) is 38.8 Å². The first kappa shape index (κ1) is 16.8. The van der Waals surface area contributed by atoms with Crippen LogP contribution in [0.15, 0.2) is 24.3 Å². The Morgan fingerprint density at radius 2 is 2.05 bits per heavy atom. The zero-order valence-corrected chi connectivity index (χ0v) is 13.5. The third-order valence-corrected chi connectivity index (χ3v) is 4.53. The molecule has 2 rings (SSSR count). The van der Waals surface area contributed by atoms with Crippen molar-refractivity contribution in [1.82, 2.24) is 10.2 Å². The summed E-state index contributed by atoms with van der Waals surface area (Å²) in [7, 11) is 1.69. The molecule has 5 heteroatoms. The molecule has 0 radical (unpaired) electrons. The molecule has 0 atom stereocenters. The van der Waals surface area contributed by atoms with Gasteiger partial charge in [0.2, 0.25) is 0 Å². The van der Waals surface area contributed by atoms with Crippen LogP contribution in [-0.4, -0.2) is 56.0 Å². The van der Waals surface area contributed by atoms with Crippen LogP contribution >= 0.6 is 0 Å². The smallest absolute Gasteiger partial charge is 0.317 e. The molecule has 2 amide bonds. The molecule has 1 saturated heterocycles. The zero-order chi connectivity index (χ0) is 16.0. The van der Waals surface area contributed by atoms with Crippen molar-refractivity contribution in [2.24, 2.45) is 0 Å². The average molecular weight is 306 g/mol. The number of hydrogen-bond acceptors (Lipinski definition) is 3. The number of nitrogens with one attached hydrogen (secondary N) is 1. The van der Waals surface area contributed by atoms with Crippen molar-refractivity contribution in [3.05, 3.63) is 35.4 Å². The number of benzene rings is 1. The summed E-state index contributed by atoms with van der Waals surface area (Å²) in [6.45, 7) is 4.46. The molecular formula is C17H26N2O3. The fourth-order valence-electron chi connectivity index (χ4n) is 3.10. The maximum atomic E-state index is 12.1. The summed E-state index contributed by atoms with van der Waals surface area (Å²) in [5, 5.41) is 12.0. The molecule has 122 valence electrons. The Hall–Kier alpha value is -1.59. The van der Waals surface area contributed by atoms with Crippen LogP contribution in [0.2, 0.25) is 0 Å². The Balaban J connectivity index is 2.13. The van der Waals surface area contributed by atoms with Crippen molar-refractivity contribution in [2.75, 3.05) is 40.0 Å². The van der Waals surface area contributed by atoms with Gasteiger partial charge in [0.25, 0.3) is 0 Å². The minimum atomic E-state index is -0.145. The van der Waals surface area contributed by atoms with Crippen molar-refractivity contribution in [3.63, 3.8) is 0 Å². The molecule has 1 aromatic rings. The SMILES string of the molecule is Cc1ccccc1C1(CNC(=O)N(C)CCO)CCOCC1. The predicted molar refractivity (Wildman–Crippen MR) is 86.0 cm³/mol. The molecule has 0 saturated carbocycles. The van der Waals surface area contributed by atoms with E-state index < -0.39 is 0 Å². The first-order valence-corrected chi connectivity index (χ1v) is 7.83. The number of hydrogen-bond donors (Lipinski definition) is 2. The van der Waals surface area contributed by atoms with Gasteiger partial charge in [-0.1, -0.05) is 24.3 Å². The third-order valence-electron chi connectivity index (χ3n) is 4.53. The number of aryl methyl sites for hydroxylation is 1. The van der Waals surface area contributed by atoms with Crippen LogP contribution < -0.4 is 5.32 Å². The van der Waals surface area contributed by atoms with E-state index in [1.807, 2.05) is 6.07 Å². The molecule has 0 spiro atoms. The Labute approximate surface area is 132 Å². The molecule has 0 bridgehead atoms. The molecule has 2 N–H and O–H groups in total. The number of urea groups is 1. The second-order valence-corrected chi connectivity index (χ2v) is 6.01. The number of aliphatic hydroxyl groups excluding tert-OH is 1. The minimum absolute atomic E-state index is 0.0271. The zero-order valence-electron chi connectivity index (χ0n) is 13.5. The van der Waals surface area contributed by atoms with Gasteiger partial charge in [-0.15, -0.1) is 0 Å². The number of aliphatic hydroxyl groups is 1. The molecule has 0 unspecified atom stereocenters. The van der Waals surface area contributed by atoms with Crippen molar-refractivity contribution in [2.45, 2.75) is 25.2 Å². The van der Waals surface area contributed by atoms with E-state index in [2.05, 4.69) is 30.4 Å². The van der Waals surface area contributed by atoms with E-state index in [9.17, 15) is 4.79 Å². The molecule has 0 aromatic heterocycles. The Morgan fingerprint density at radius 3 is 2.68 bits per heavy atom. The number of nitrogens with zero attached hydrogens (tertiary/aromatic N) is 1. The standard InChI is InChI=1S/C17H26N2O3/c1-14-5-3-4-6-15(14)17(7-11-22-12-8-17)13-18-16(21)19(2)9-10-20/h3-6,20H,7-13H2,1-2H3,(H,18,21). The molecular weight excluding hydrogens is 280 g/mol. The number of likely N-dealkylation sites (N-methyl/N-ethyl adjacent to an activating group) is 1. The summed E-state index contributed by atoms with van der Waals surface area (Å²) in [4.78, 5) is 13.6. The first-order chi connectivity index (χ1) is 10.6. The summed E-state index contributed by atoms with van der Waals surface area (Å²) in [5.41, 5.74) is 2.48. The van der Waals surface area contributed by atoms with Crippen molar-refractivity contribution >= 4 is 6.03 Å². The lowest BCUT2D eigenvalue weighted by Crippen LogP contribution is -2.48. The van der Waals surface area contributed by atoms with E-state index in [4.69, 9.17) is 9.84 Å². The van der Waals surface area contributed by atoms with Crippen LogP contribution in [0.25, 0.3) is 0 Å². The van der Waals surface area contributed by atoms with E-state index in [1.165, 1.54) is 16.0 Å². The van der Waals surface area contributed by atoms with Gasteiger partial charge in [-0.2, -0.15) is 0 Å². The molecule has 1 aliphatic heterocycles. The number of carbonyl (C=O) groups excluding carboxylic acids is 1. The van der Waals surface area contributed by atoms with Gasteiger partial charge < -0.3 is 20.1 Å². The van der Waals surface area contributed by atoms with Crippen LogP contribution in [0.5, 0.6) is 0 Å². The van der Waals surface area contributed by atoms with Crippen LogP contribution in [-0.2, 0) is 10.2 Å². The molecule has 5 nitrogen and oxygen atoms in total. The van der Waals surface area contributed by atoms with E-state index in [0.29, 0.717) is 13.1 Å². The van der Waals surface area contributed by atoms with Crippen LogP contribution in [0.4, 0.5) is 4.79 Å². The summed E-state index contributed by atoms with van der Waals surface area (Å²) < 4.78 is 5.52. The summed E-state index contributed by atoms with van der Waals surface area (Å²) in [6.07, 6.45) is 1.81. The molecule has 0 aliphatic carbocycles. The highest BCUT2D eigenvalue weighted by molar-refractivity contribution is 5.74. The normalized spacial score (nSPS) is 17.0. The molecule has 1 aromatic carbocycles. The number of amides is 2. The molecule has 1 heterocycles. The quantitative estimate of drug-likeness (QED) is 0.870. The highest BCUT2D eigenvalue weighted by Gasteiger charge is 2.36. The maximum Gasteiger partial charge on any atom is 0.317 e. The molecule has 22 heavy (non-hydrogen) atoms. The fraction of sp³-hybridized carbons (Fsp3) is 0.588. The monoisotopic (exact) mass is 306 g/mol. The van der Waals surface area contributed by atoms with Crippen molar-refractivity contribution < 1.29 is 14.6 Å². The fourth-order valence-corrected chi connectivity index (χ4v) is 3.10. The Morgan fingerprint density at radius 1 is 1.36 bits per heavy atom. The lowest BCUT2D eigenvalue weighted by molar-refractivity contribution is 0.0500. The van der Waals surface area contributed by atoms with Gasteiger partial charge in [0.05, 0.1) is 6.61 Å². The van der Waals surface area contributed by atoms with Crippen molar-refractivity contribution in [1.29, 1.82) is 0 Å². The molecule has 1 aliphatic rings. The third kappa shape index (κ3) is 3.78. The average Bonchev–Trinajstić information content (AvgIpc) is 2.54. The lowest BCUT2D eigenvalue weighted by Gasteiger charge is -2.39. The van der Waals surface area contributed by atoms with Crippen LogP contribution in [0.3, 0.4) is 0 Å². The highest BCUT2D eigenvalue weighted by Crippen LogP contribution is 2.36. The minimum Gasteiger partial charge on any atom is -0.395 e. The van der Waals surface area contributed by atoms with Crippen molar-refractivity contribution in [3.8, 4) is 0 Å². The predicted octanol–water partition coefficient (Wildman–Crippen LogP) is 1.68. The highest BCUT2D eigenvalue weighted by atomic mass is 16.5. The number of ether oxygens (including phenoxy) is 1. The van der Waals surface area contributed by atoms with E-state index in [1.54, 1.807) is 7.05 Å². The molecule has 1 fully saturated rings. The summed E-state index contributed by atoms with van der Waals surface area (Å²) in [6, 6.07) is 8.23. The van der Waals surface area contributed by atoms with E-state index in [0.717, 1.165) is 26.1 Å². The van der Waals surface area contributed by atoms with Gasteiger partial charge in [-0.25, -0.2) is 4.79 Å².